The number of carbonyl (C=O) groups is 1. The number of carbonyl (C=O) groups excluding carboxylic acids is 1. The van der Waals surface area contributed by atoms with E-state index in [1.807, 2.05) is 0 Å². The van der Waals surface area contributed by atoms with Crippen LogP contribution in [0, 0.1) is 5.82 Å². The topological polar surface area (TPSA) is 68.0 Å². The second-order valence-electron chi connectivity index (χ2n) is 6.48. The van der Waals surface area contributed by atoms with Crippen LogP contribution in [-0.2, 0) is 11.2 Å². The SMILES string of the molecule is CC(C)(N)C(=O)NC1CCCc2nc(-c3ccc(F)cc3)sc21. The third-order valence-corrected chi connectivity index (χ3v) is 5.19. The molecule has 6 heteroatoms. The van der Waals surface area contributed by atoms with Gasteiger partial charge in [0, 0.05) is 5.56 Å². The van der Waals surface area contributed by atoms with E-state index in [9.17, 15) is 9.18 Å². The minimum absolute atomic E-state index is 0.0410. The molecule has 3 N–H and O–H groups in total. The fourth-order valence-corrected chi connectivity index (χ4v) is 3.82. The number of nitrogens with zero attached hydrogens (tertiary/aromatic N) is 1. The summed E-state index contributed by atoms with van der Waals surface area (Å²) in [7, 11) is 0. The van der Waals surface area contributed by atoms with Gasteiger partial charge in [0.1, 0.15) is 10.8 Å². The predicted molar refractivity (Wildman–Crippen MR) is 89.6 cm³/mol. The standard InChI is InChI=1S/C17H20FN3OS/c1-17(2,19)16(22)21-13-5-3-4-12-14(13)23-15(20-12)10-6-8-11(18)9-7-10/h6-9,13H,3-5,19H2,1-2H3,(H,21,22). The van der Waals surface area contributed by atoms with E-state index in [0.29, 0.717) is 0 Å². The normalized spacial score (nSPS) is 17.7. The Bertz CT molecular complexity index is 718. The van der Waals surface area contributed by atoms with Crippen molar-refractivity contribution in [3.8, 4) is 10.6 Å². The number of aromatic nitrogens is 1. The first-order valence-electron chi connectivity index (χ1n) is 7.70. The van der Waals surface area contributed by atoms with Crippen molar-refractivity contribution < 1.29 is 9.18 Å². The minimum Gasteiger partial charge on any atom is -0.347 e. The highest BCUT2D eigenvalue weighted by molar-refractivity contribution is 7.15. The van der Waals surface area contributed by atoms with Crippen molar-refractivity contribution in [1.82, 2.24) is 10.3 Å². The molecule has 1 aliphatic carbocycles. The van der Waals surface area contributed by atoms with Gasteiger partial charge in [-0.2, -0.15) is 0 Å². The van der Waals surface area contributed by atoms with E-state index in [1.54, 1.807) is 37.3 Å². The lowest BCUT2D eigenvalue weighted by Gasteiger charge is -2.26. The van der Waals surface area contributed by atoms with Crippen molar-refractivity contribution in [2.75, 3.05) is 0 Å². The molecule has 1 unspecified atom stereocenters. The number of aryl methyl sites for hydroxylation is 1. The van der Waals surface area contributed by atoms with Crippen molar-refractivity contribution in [3.63, 3.8) is 0 Å². The molecule has 1 heterocycles. The minimum atomic E-state index is -0.901. The number of nitrogens with two attached hydrogens (primary N) is 1. The van der Waals surface area contributed by atoms with Crippen LogP contribution in [0.4, 0.5) is 4.39 Å². The lowest BCUT2D eigenvalue weighted by Crippen LogP contribution is -2.50. The molecule has 0 aliphatic heterocycles. The molecular weight excluding hydrogens is 313 g/mol. The number of hydrogen-bond acceptors (Lipinski definition) is 4. The Morgan fingerprint density at radius 1 is 1.39 bits per heavy atom. The monoisotopic (exact) mass is 333 g/mol. The maximum Gasteiger partial charge on any atom is 0.240 e. The van der Waals surface area contributed by atoms with Gasteiger partial charge >= 0.3 is 0 Å². The molecule has 1 aromatic heterocycles. The van der Waals surface area contributed by atoms with Crippen LogP contribution in [0.2, 0.25) is 0 Å². The Morgan fingerprint density at radius 2 is 2.09 bits per heavy atom. The van der Waals surface area contributed by atoms with Crippen LogP contribution in [0.25, 0.3) is 10.6 Å². The van der Waals surface area contributed by atoms with Crippen LogP contribution in [0.1, 0.15) is 43.3 Å². The average molecular weight is 333 g/mol. The summed E-state index contributed by atoms with van der Waals surface area (Å²) < 4.78 is 13.1. The number of nitrogens with one attached hydrogen (secondary N) is 1. The summed E-state index contributed by atoms with van der Waals surface area (Å²) in [6.45, 7) is 3.39. The van der Waals surface area contributed by atoms with Gasteiger partial charge in [-0.25, -0.2) is 9.37 Å². The van der Waals surface area contributed by atoms with Gasteiger partial charge in [-0.1, -0.05) is 0 Å². The number of rotatable bonds is 3. The number of amides is 1. The van der Waals surface area contributed by atoms with E-state index < -0.39 is 5.54 Å². The second-order valence-corrected chi connectivity index (χ2v) is 7.51. The van der Waals surface area contributed by atoms with Crippen molar-refractivity contribution >= 4 is 17.2 Å². The molecule has 1 aliphatic rings. The van der Waals surface area contributed by atoms with Gasteiger partial charge in [-0.05, 0) is 57.4 Å². The van der Waals surface area contributed by atoms with E-state index >= 15 is 0 Å². The third kappa shape index (κ3) is 3.43. The van der Waals surface area contributed by atoms with Crippen LogP contribution in [-0.4, -0.2) is 16.4 Å². The molecular formula is C17H20FN3OS. The van der Waals surface area contributed by atoms with Crippen LogP contribution in [0.15, 0.2) is 24.3 Å². The summed E-state index contributed by atoms with van der Waals surface area (Å²) in [6, 6.07) is 6.30. The number of halogens is 1. The van der Waals surface area contributed by atoms with Gasteiger partial charge in [-0.15, -0.1) is 11.3 Å². The summed E-state index contributed by atoms with van der Waals surface area (Å²) >= 11 is 1.57. The first-order valence-corrected chi connectivity index (χ1v) is 8.51. The Hall–Kier alpha value is -1.79. The molecule has 1 aromatic carbocycles. The van der Waals surface area contributed by atoms with Gasteiger partial charge in [0.15, 0.2) is 0 Å². The van der Waals surface area contributed by atoms with Crippen molar-refractivity contribution in [3.05, 3.63) is 40.7 Å². The van der Waals surface area contributed by atoms with Crippen molar-refractivity contribution in [2.45, 2.75) is 44.7 Å². The second kappa shape index (κ2) is 6.02. The zero-order chi connectivity index (χ0) is 16.6. The lowest BCUT2D eigenvalue weighted by molar-refractivity contribution is -0.126. The summed E-state index contributed by atoms with van der Waals surface area (Å²) in [5.41, 5.74) is 6.89. The van der Waals surface area contributed by atoms with Gasteiger partial charge < -0.3 is 11.1 Å². The zero-order valence-electron chi connectivity index (χ0n) is 13.2. The number of hydrogen-bond donors (Lipinski definition) is 2. The van der Waals surface area contributed by atoms with Gasteiger partial charge in [0.05, 0.1) is 22.2 Å². The van der Waals surface area contributed by atoms with E-state index in [2.05, 4.69) is 10.3 Å². The number of thiazole rings is 1. The van der Waals surface area contributed by atoms with Crippen LogP contribution in [0.5, 0.6) is 0 Å². The Balaban J connectivity index is 1.87. The summed E-state index contributed by atoms with van der Waals surface area (Å²) in [5, 5.41) is 3.90. The van der Waals surface area contributed by atoms with Crippen LogP contribution < -0.4 is 11.1 Å². The van der Waals surface area contributed by atoms with E-state index in [4.69, 9.17) is 5.73 Å². The van der Waals surface area contributed by atoms with Gasteiger partial charge in [0.2, 0.25) is 5.91 Å². The third-order valence-electron chi connectivity index (χ3n) is 3.93. The maximum absolute atomic E-state index is 13.1. The summed E-state index contributed by atoms with van der Waals surface area (Å²) in [6.07, 6.45) is 2.78. The Kier molecular flexibility index (Phi) is 4.21. The smallest absolute Gasteiger partial charge is 0.240 e. The first kappa shape index (κ1) is 16.1. The lowest BCUT2D eigenvalue weighted by atomic mass is 9.96. The average Bonchev–Trinajstić information content (AvgIpc) is 2.92. The summed E-state index contributed by atoms with van der Waals surface area (Å²) in [4.78, 5) is 17.9. The van der Waals surface area contributed by atoms with Crippen molar-refractivity contribution in [2.24, 2.45) is 5.73 Å². The molecule has 0 bridgehead atoms. The molecule has 1 atom stereocenters. The zero-order valence-corrected chi connectivity index (χ0v) is 14.0. The number of benzene rings is 1. The van der Waals surface area contributed by atoms with E-state index in [1.165, 1.54) is 12.1 Å². The van der Waals surface area contributed by atoms with Gasteiger partial charge in [0.25, 0.3) is 0 Å². The molecule has 122 valence electrons. The highest BCUT2D eigenvalue weighted by Gasteiger charge is 2.30. The molecule has 2 aromatic rings. The molecule has 3 rings (SSSR count). The quantitative estimate of drug-likeness (QED) is 0.906. The van der Waals surface area contributed by atoms with E-state index in [-0.39, 0.29) is 17.8 Å². The molecule has 0 fully saturated rings. The predicted octanol–water partition coefficient (Wildman–Crippen LogP) is 3.18. The number of fused-ring (bicyclic) bond motifs is 1. The fourth-order valence-electron chi connectivity index (χ4n) is 2.62. The maximum atomic E-state index is 13.1. The molecule has 4 nitrogen and oxygen atoms in total. The molecule has 0 saturated heterocycles. The largest absolute Gasteiger partial charge is 0.347 e. The molecule has 23 heavy (non-hydrogen) atoms. The molecule has 1 amide bonds. The molecule has 0 radical (unpaired) electrons. The summed E-state index contributed by atoms with van der Waals surface area (Å²) in [5.74, 6) is -0.419. The highest BCUT2D eigenvalue weighted by atomic mass is 32.1. The van der Waals surface area contributed by atoms with E-state index in [0.717, 1.165) is 40.4 Å². The van der Waals surface area contributed by atoms with Crippen LogP contribution >= 0.6 is 11.3 Å². The molecule has 0 spiro atoms. The Labute approximate surface area is 138 Å². The molecule has 0 saturated carbocycles. The Morgan fingerprint density at radius 3 is 2.74 bits per heavy atom. The highest BCUT2D eigenvalue weighted by Crippen LogP contribution is 2.38. The first-order chi connectivity index (χ1) is 10.8. The van der Waals surface area contributed by atoms with Crippen LogP contribution in [0.3, 0.4) is 0 Å². The van der Waals surface area contributed by atoms with Crippen molar-refractivity contribution in [1.29, 1.82) is 0 Å². The van der Waals surface area contributed by atoms with Gasteiger partial charge in [-0.3, -0.25) is 4.79 Å². The fraction of sp³-hybridized carbons (Fsp3) is 0.412.